The molecular weight excluding hydrogens is 128 g/mol. The van der Waals surface area contributed by atoms with Gasteiger partial charge >= 0.3 is 5.95 Å². The third kappa shape index (κ3) is 1.15. The van der Waals surface area contributed by atoms with E-state index in [0.717, 1.165) is 6.54 Å². The maximum Gasteiger partial charge on any atom is 0.391 e. The van der Waals surface area contributed by atoms with Crippen molar-refractivity contribution in [3.05, 3.63) is 12.3 Å². The second-order valence-corrected chi connectivity index (χ2v) is 2.00. The Bertz CT molecular complexity index is 233. The van der Waals surface area contributed by atoms with Gasteiger partial charge in [0.2, 0.25) is 5.82 Å². The molecule has 4 heteroatoms. The van der Waals surface area contributed by atoms with Gasteiger partial charge in [-0.2, -0.15) is 0 Å². The zero-order chi connectivity index (χ0) is 7.56. The molecule has 10 heavy (non-hydrogen) atoms. The highest BCUT2D eigenvalue weighted by Gasteiger charge is 2.03. The number of hydrogen-bond donors (Lipinski definition) is 2. The summed E-state index contributed by atoms with van der Waals surface area (Å²) in [6.07, 6.45) is 1.82. The van der Waals surface area contributed by atoms with Gasteiger partial charge < -0.3 is 5.73 Å². The number of nitrogen functional groups attached to an aromatic ring is 2. The lowest BCUT2D eigenvalue weighted by molar-refractivity contribution is -0.681. The number of nitrogens with two attached hydrogens (primary N) is 2. The number of anilines is 2. The largest absolute Gasteiger partial charge is 0.391 e. The average molecular weight is 139 g/mol. The Morgan fingerprint density at radius 2 is 2.30 bits per heavy atom. The van der Waals surface area contributed by atoms with Gasteiger partial charge in [0.05, 0.1) is 12.7 Å². The second-order valence-electron chi connectivity index (χ2n) is 2.00. The highest BCUT2D eigenvalue weighted by Crippen LogP contribution is 1.93. The van der Waals surface area contributed by atoms with Gasteiger partial charge in [0.1, 0.15) is 0 Å². The molecule has 0 fully saturated rings. The summed E-state index contributed by atoms with van der Waals surface area (Å²) < 4.78 is 1.82. The van der Waals surface area contributed by atoms with Crippen LogP contribution in [-0.2, 0) is 6.54 Å². The van der Waals surface area contributed by atoms with E-state index in [0.29, 0.717) is 11.8 Å². The average Bonchev–Trinajstić information content (AvgIpc) is 1.88. The minimum atomic E-state index is 0.460. The Kier molecular flexibility index (Phi) is 1.71. The van der Waals surface area contributed by atoms with Crippen LogP contribution in [0, 0.1) is 0 Å². The summed E-state index contributed by atoms with van der Waals surface area (Å²) >= 11 is 0. The Morgan fingerprint density at radius 3 is 2.80 bits per heavy atom. The van der Waals surface area contributed by atoms with Gasteiger partial charge in [0.15, 0.2) is 0 Å². The van der Waals surface area contributed by atoms with Gasteiger partial charge in [0, 0.05) is 6.07 Å². The number of aromatic nitrogens is 2. The van der Waals surface area contributed by atoms with E-state index in [2.05, 4.69) is 4.98 Å². The molecule has 0 aliphatic heterocycles. The molecule has 4 N–H and O–H groups in total. The fourth-order valence-corrected chi connectivity index (χ4v) is 0.744. The SMILES string of the molecule is CC[n+]1ccc(N)nc1N. The van der Waals surface area contributed by atoms with E-state index in [1.54, 1.807) is 6.07 Å². The van der Waals surface area contributed by atoms with Crippen molar-refractivity contribution in [2.75, 3.05) is 11.5 Å². The van der Waals surface area contributed by atoms with Crippen LogP contribution in [0.4, 0.5) is 11.8 Å². The van der Waals surface area contributed by atoms with E-state index in [1.807, 2.05) is 17.7 Å². The fraction of sp³-hybridized carbons (Fsp3) is 0.333. The normalized spacial score (nSPS) is 9.70. The molecule has 0 unspecified atom stereocenters. The van der Waals surface area contributed by atoms with E-state index in [4.69, 9.17) is 11.5 Å². The molecule has 0 atom stereocenters. The molecule has 0 aliphatic carbocycles. The molecule has 54 valence electrons. The predicted molar refractivity (Wildman–Crippen MR) is 38.9 cm³/mol. The number of aryl methyl sites for hydroxylation is 1. The fourth-order valence-electron chi connectivity index (χ4n) is 0.744. The number of nitrogens with zero attached hydrogens (tertiary/aromatic N) is 2. The van der Waals surface area contributed by atoms with Crippen LogP contribution >= 0.6 is 0 Å². The Morgan fingerprint density at radius 1 is 1.60 bits per heavy atom. The minimum absolute atomic E-state index is 0.460. The summed E-state index contributed by atoms with van der Waals surface area (Å²) in [5.74, 6) is 0.921. The van der Waals surface area contributed by atoms with E-state index in [9.17, 15) is 0 Å². The molecule has 4 nitrogen and oxygen atoms in total. The quantitative estimate of drug-likeness (QED) is 0.518. The van der Waals surface area contributed by atoms with Crippen molar-refractivity contribution in [1.29, 1.82) is 0 Å². The van der Waals surface area contributed by atoms with Crippen LogP contribution in [0.5, 0.6) is 0 Å². The molecule has 0 radical (unpaired) electrons. The van der Waals surface area contributed by atoms with Crippen LogP contribution in [0.25, 0.3) is 0 Å². The maximum absolute atomic E-state index is 5.50. The topological polar surface area (TPSA) is 68.8 Å². The third-order valence-electron chi connectivity index (χ3n) is 1.30. The summed E-state index contributed by atoms with van der Waals surface area (Å²) in [5.41, 5.74) is 10.9. The van der Waals surface area contributed by atoms with Crippen molar-refractivity contribution >= 4 is 11.8 Å². The van der Waals surface area contributed by atoms with Crippen molar-refractivity contribution in [2.45, 2.75) is 13.5 Å². The Hall–Kier alpha value is -1.32. The molecule has 0 amide bonds. The molecule has 1 aromatic rings. The molecule has 0 bridgehead atoms. The first-order valence-corrected chi connectivity index (χ1v) is 3.15. The van der Waals surface area contributed by atoms with Crippen LogP contribution in [0.2, 0.25) is 0 Å². The lowest BCUT2D eigenvalue weighted by Gasteiger charge is -1.96. The van der Waals surface area contributed by atoms with E-state index >= 15 is 0 Å². The summed E-state index contributed by atoms with van der Waals surface area (Å²) in [6, 6.07) is 1.72. The first-order valence-electron chi connectivity index (χ1n) is 3.15. The molecule has 1 aromatic heterocycles. The molecule has 0 aliphatic rings. The molecule has 0 saturated heterocycles. The Balaban J connectivity index is 3.07. The van der Waals surface area contributed by atoms with Gasteiger partial charge in [-0.25, -0.2) is 4.57 Å². The van der Waals surface area contributed by atoms with Crippen LogP contribution in [0.3, 0.4) is 0 Å². The van der Waals surface area contributed by atoms with Crippen LogP contribution in [0.1, 0.15) is 6.92 Å². The first-order chi connectivity index (χ1) is 4.74. The summed E-state index contributed by atoms with van der Waals surface area (Å²) in [7, 11) is 0. The summed E-state index contributed by atoms with van der Waals surface area (Å²) in [6.45, 7) is 2.81. The number of hydrogen-bond acceptors (Lipinski definition) is 3. The summed E-state index contributed by atoms with van der Waals surface area (Å²) in [4.78, 5) is 3.86. The van der Waals surface area contributed by atoms with Crippen molar-refractivity contribution in [2.24, 2.45) is 0 Å². The summed E-state index contributed by atoms with van der Waals surface area (Å²) in [5, 5.41) is 0. The third-order valence-corrected chi connectivity index (χ3v) is 1.30. The standard InChI is InChI=1S/C6H10N4/c1-2-10-4-3-5(7)9-6(10)8/h3-4H,2H2,1H3,(H3,7,8,9)/p+1. The predicted octanol–water partition coefficient (Wildman–Crippen LogP) is -0.447. The molecular formula is C6H11N4+. The molecule has 0 saturated carbocycles. The lowest BCUT2D eigenvalue weighted by Crippen LogP contribution is -2.36. The highest BCUT2D eigenvalue weighted by atomic mass is 15.1. The van der Waals surface area contributed by atoms with Gasteiger partial charge in [-0.15, -0.1) is 0 Å². The zero-order valence-electron chi connectivity index (χ0n) is 5.91. The number of rotatable bonds is 1. The van der Waals surface area contributed by atoms with Gasteiger partial charge in [-0.3, -0.25) is 5.73 Å². The van der Waals surface area contributed by atoms with Crippen LogP contribution < -0.4 is 16.0 Å². The lowest BCUT2D eigenvalue weighted by atomic mass is 10.5. The van der Waals surface area contributed by atoms with Crippen LogP contribution in [-0.4, -0.2) is 4.98 Å². The highest BCUT2D eigenvalue weighted by molar-refractivity contribution is 5.27. The monoisotopic (exact) mass is 139 g/mol. The van der Waals surface area contributed by atoms with Gasteiger partial charge in [0.25, 0.3) is 0 Å². The van der Waals surface area contributed by atoms with Gasteiger partial charge in [-0.05, 0) is 6.92 Å². The van der Waals surface area contributed by atoms with E-state index in [1.165, 1.54) is 0 Å². The van der Waals surface area contributed by atoms with Crippen molar-refractivity contribution in [3.8, 4) is 0 Å². The van der Waals surface area contributed by atoms with Crippen LogP contribution in [0.15, 0.2) is 12.3 Å². The van der Waals surface area contributed by atoms with E-state index < -0.39 is 0 Å². The molecule has 1 heterocycles. The zero-order valence-corrected chi connectivity index (χ0v) is 5.91. The first kappa shape index (κ1) is 6.80. The molecule has 0 aromatic carbocycles. The van der Waals surface area contributed by atoms with Crippen molar-refractivity contribution < 1.29 is 4.57 Å². The van der Waals surface area contributed by atoms with E-state index in [-0.39, 0.29) is 0 Å². The second kappa shape index (κ2) is 2.51. The smallest absolute Gasteiger partial charge is 0.370 e. The Labute approximate surface area is 59.5 Å². The minimum Gasteiger partial charge on any atom is -0.370 e. The molecule has 1 rings (SSSR count). The van der Waals surface area contributed by atoms with Crippen molar-refractivity contribution in [3.63, 3.8) is 0 Å². The van der Waals surface area contributed by atoms with Crippen molar-refractivity contribution in [1.82, 2.24) is 4.98 Å². The maximum atomic E-state index is 5.50. The molecule has 0 spiro atoms. The van der Waals surface area contributed by atoms with Gasteiger partial charge in [-0.1, -0.05) is 4.98 Å².